The maximum Gasteiger partial charge on any atom is 0.320 e. The predicted molar refractivity (Wildman–Crippen MR) is 81.2 cm³/mol. The number of rotatable bonds is 11. The predicted octanol–water partition coefficient (Wildman–Crippen LogP) is -2.42. The fraction of sp³-hybridized carbons (Fsp3) is 0.846. The van der Waals surface area contributed by atoms with E-state index in [1.807, 2.05) is 0 Å². The Morgan fingerprint density at radius 1 is 1.09 bits per heavy atom. The van der Waals surface area contributed by atoms with Crippen molar-refractivity contribution in [3.8, 4) is 0 Å². The van der Waals surface area contributed by atoms with E-state index in [0.717, 1.165) is 0 Å². The van der Waals surface area contributed by atoms with E-state index in [2.05, 4.69) is 5.32 Å². The molecule has 0 fully saturated rings. The van der Waals surface area contributed by atoms with E-state index in [0.29, 0.717) is 26.2 Å². The van der Waals surface area contributed by atoms with Crippen molar-refractivity contribution in [3.63, 3.8) is 0 Å². The highest BCUT2D eigenvalue weighted by atomic mass is 16.4. The Labute approximate surface area is 130 Å². The molecule has 0 unspecified atom stereocenters. The Morgan fingerprint density at radius 3 is 1.86 bits per heavy atom. The third kappa shape index (κ3) is 15.1. The van der Waals surface area contributed by atoms with E-state index in [1.165, 1.54) is 0 Å². The minimum atomic E-state index is -1.07. The molecule has 9 heteroatoms. The maximum atomic E-state index is 10.8. The normalized spacial score (nSPS) is 11.5. The Bertz CT molecular complexity index is 277. The number of carbonyl (C=O) groups excluding carboxylic acids is 1. The molecule has 0 bridgehead atoms. The fourth-order valence-corrected chi connectivity index (χ4v) is 1.46. The molecule has 0 saturated heterocycles. The first kappa shape index (κ1) is 23.0. The van der Waals surface area contributed by atoms with Crippen molar-refractivity contribution in [1.82, 2.24) is 10.2 Å². The monoisotopic (exact) mass is 323 g/mol. The van der Waals surface area contributed by atoms with E-state index >= 15 is 0 Å². The SMILES string of the molecule is CCNC(=O)CC[C@H](N)C(=O)O.OCCN(CCO)CCO. The van der Waals surface area contributed by atoms with Crippen molar-refractivity contribution < 1.29 is 30.0 Å². The Morgan fingerprint density at radius 2 is 1.55 bits per heavy atom. The van der Waals surface area contributed by atoms with Crippen LogP contribution in [0, 0.1) is 0 Å². The van der Waals surface area contributed by atoms with E-state index in [1.54, 1.807) is 11.8 Å². The number of hydrogen-bond acceptors (Lipinski definition) is 7. The van der Waals surface area contributed by atoms with E-state index in [-0.39, 0.29) is 38.6 Å². The van der Waals surface area contributed by atoms with Gasteiger partial charge in [-0.15, -0.1) is 0 Å². The van der Waals surface area contributed by atoms with Crippen LogP contribution in [0.5, 0.6) is 0 Å². The second kappa shape index (κ2) is 16.1. The number of hydrogen-bond donors (Lipinski definition) is 6. The summed E-state index contributed by atoms with van der Waals surface area (Å²) in [6.45, 7) is 4.11. The first-order valence-corrected chi connectivity index (χ1v) is 7.22. The zero-order valence-electron chi connectivity index (χ0n) is 13.1. The molecule has 0 spiro atoms. The third-order valence-corrected chi connectivity index (χ3v) is 2.62. The first-order valence-electron chi connectivity index (χ1n) is 7.22. The lowest BCUT2D eigenvalue weighted by molar-refractivity contribution is -0.138. The molecule has 22 heavy (non-hydrogen) atoms. The van der Waals surface area contributed by atoms with Gasteiger partial charge in [0.25, 0.3) is 0 Å². The summed E-state index contributed by atoms with van der Waals surface area (Å²) in [6.07, 6.45) is 0.350. The lowest BCUT2D eigenvalue weighted by Gasteiger charge is -2.17. The van der Waals surface area contributed by atoms with Crippen molar-refractivity contribution in [2.45, 2.75) is 25.8 Å². The number of aliphatic hydroxyl groups excluding tert-OH is 3. The Kier molecular flexibility index (Phi) is 16.9. The van der Waals surface area contributed by atoms with Gasteiger partial charge in [0, 0.05) is 32.6 Å². The minimum absolute atomic E-state index is 0.0694. The molecule has 0 aromatic heterocycles. The summed E-state index contributed by atoms with van der Waals surface area (Å²) in [5.74, 6) is -1.23. The Balaban J connectivity index is 0. The highest BCUT2D eigenvalue weighted by Gasteiger charge is 2.12. The van der Waals surface area contributed by atoms with Crippen molar-refractivity contribution in [1.29, 1.82) is 0 Å². The van der Waals surface area contributed by atoms with Gasteiger partial charge in [-0.05, 0) is 13.3 Å². The van der Waals surface area contributed by atoms with Gasteiger partial charge in [0.15, 0.2) is 0 Å². The van der Waals surface area contributed by atoms with Gasteiger partial charge in [0.05, 0.1) is 19.8 Å². The lowest BCUT2D eigenvalue weighted by Crippen LogP contribution is -2.32. The molecule has 0 saturated carbocycles. The average molecular weight is 323 g/mol. The van der Waals surface area contributed by atoms with E-state index in [4.69, 9.17) is 26.2 Å². The number of carbonyl (C=O) groups is 2. The van der Waals surface area contributed by atoms with Gasteiger partial charge in [-0.2, -0.15) is 0 Å². The number of carboxylic acid groups (broad SMARTS) is 1. The zero-order chi connectivity index (χ0) is 17.4. The molecule has 0 aromatic carbocycles. The van der Waals surface area contributed by atoms with Gasteiger partial charge in [-0.25, -0.2) is 0 Å². The van der Waals surface area contributed by atoms with Crippen molar-refractivity contribution in [2.75, 3.05) is 46.0 Å². The van der Waals surface area contributed by atoms with Crippen molar-refractivity contribution in [2.24, 2.45) is 5.73 Å². The number of nitrogens with one attached hydrogen (secondary N) is 1. The van der Waals surface area contributed by atoms with Gasteiger partial charge >= 0.3 is 5.97 Å². The van der Waals surface area contributed by atoms with Gasteiger partial charge < -0.3 is 31.5 Å². The average Bonchev–Trinajstić information content (AvgIpc) is 2.46. The van der Waals surface area contributed by atoms with E-state index in [9.17, 15) is 9.59 Å². The smallest absolute Gasteiger partial charge is 0.320 e. The van der Waals surface area contributed by atoms with E-state index < -0.39 is 12.0 Å². The molecule has 0 radical (unpaired) electrons. The van der Waals surface area contributed by atoms with Gasteiger partial charge in [0.2, 0.25) is 5.91 Å². The number of amides is 1. The lowest BCUT2D eigenvalue weighted by atomic mass is 10.1. The number of nitrogens with two attached hydrogens (primary N) is 1. The molecule has 9 nitrogen and oxygen atoms in total. The van der Waals surface area contributed by atoms with Crippen LogP contribution in [0.15, 0.2) is 0 Å². The summed E-state index contributed by atoms with van der Waals surface area (Å²) < 4.78 is 0. The molecule has 0 aliphatic heterocycles. The molecular formula is C13H29N3O6. The number of nitrogens with zero attached hydrogens (tertiary/aromatic N) is 1. The molecule has 0 aliphatic carbocycles. The van der Waals surface area contributed by atoms with Crippen molar-refractivity contribution in [3.05, 3.63) is 0 Å². The highest BCUT2D eigenvalue weighted by molar-refractivity contribution is 5.78. The van der Waals surface area contributed by atoms with Crippen LogP contribution in [0.25, 0.3) is 0 Å². The molecule has 0 rings (SSSR count). The van der Waals surface area contributed by atoms with Gasteiger partial charge in [-0.3, -0.25) is 14.5 Å². The molecule has 1 atom stereocenters. The van der Waals surface area contributed by atoms with Crippen molar-refractivity contribution >= 4 is 11.9 Å². The van der Waals surface area contributed by atoms with Gasteiger partial charge in [-0.1, -0.05) is 0 Å². The molecule has 1 amide bonds. The summed E-state index contributed by atoms with van der Waals surface area (Å²) in [6, 6.07) is -0.937. The van der Waals surface area contributed by atoms with Crippen LogP contribution in [0.1, 0.15) is 19.8 Å². The van der Waals surface area contributed by atoms with Crippen LogP contribution in [0.2, 0.25) is 0 Å². The van der Waals surface area contributed by atoms with Crippen LogP contribution in [0.4, 0.5) is 0 Å². The third-order valence-electron chi connectivity index (χ3n) is 2.62. The van der Waals surface area contributed by atoms with Crippen LogP contribution in [0.3, 0.4) is 0 Å². The Hall–Kier alpha value is -1.26. The maximum absolute atomic E-state index is 10.8. The summed E-state index contributed by atoms with van der Waals surface area (Å²) in [5, 5.41) is 36.4. The second-order valence-corrected chi connectivity index (χ2v) is 4.45. The molecule has 0 aliphatic rings. The van der Waals surface area contributed by atoms with Crippen LogP contribution in [-0.2, 0) is 9.59 Å². The summed E-state index contributed by atoms with van der Waals surface area (Å²) >= 11 is 0. The summed E-state index contributed by atoms with van der Waals surface area (Å²) in [4.78, 5) is 22.8. The van der Waals surface area contributed by atoms with Crippen LogP contribution in [-0.4, -0.2) is 89.2 Å². The summed E-state index contributed by atoms with van der Waals surface area (Å²) in [5.41, 5.74) is 5.18. The second-order valence-electron chi connectivity index (χ2n) is 4.45. The molecule has 132 valence electrons. The standard InChI is InChI=1S/C7H14N2O3.C6H15NO3/c1-2-9-6(10)4-3-5(8)7(11)12;8-4-1-7(2-5-9)3-6-10/h5H,2-4,8H2,1H3,(H,9,10)(H,11,12);8-10H,1-6H2/t5-;/m0./s1. The first-order chi connectivity index (χ1) is 10.4. The largest absolute Gasteiger partial charge is 0.480 e. The molecule has 0 heterocycles. The fourth-order valence-electron chi connectivity index (χ4n) is 1.46. The van der Waals surface area contributed by atoms with Gasteiger partial charge in [0.1, 0.15) is 6.04 Å². The molecule has 7 N–H and O–H groups in total. The number of aliphatic hydroxyl groups is 3. The molecule has 0 aromatic rings. The minimum Gasteiger partial charge on any atom is -0.480 e. The summed E-state index contributed by atoms with van der Waals surface area (Å²) in [7, 11) is 0. The molecular weight excluding hydrogens is 294 g/mol. The number of carboxylic acids is 1. The van der Waals surface area contributed by atoms with Crippen LogP contribution < -0.4 is 11.1 Å². The zero-order valence-corrected chi connectivity index (χ0v) is 13.1. The van der Waals surface area contributed by atoms with Crippen LogP contribution >= 0.6 is 0 Å². The quantitative estimate of drug-likeness (QED) is 0.245. The highest BCUT2D eigenvalue weighted by Crippen LogP contribution is 1.94. The number of aliphatic carboxylic acids is 1. The topological polar surface area (TPSA) is 156 Å².